The van der Waals surface area contributed by atoms with Crippen molar-refractivity contribution in [3.8, 4) is 11.5 Å². The van der Waals surface area contributed by atoms with Crippen LogP contribution in [0.25, 0.3) is 6.08 Å². The molecule has 20 heavy (non-hydrogen) atoms. The number of nitrogens with zero attached hydrogens (tertiary/aromatic N) is 2. The fourth-order valence-electron chi connectivity index (χ4n) is 1.79. The molecule has 1 fully saturated rings. The Kier molecular flexibility index (Phi) is 3.46. The van der Waals surface area contributed by atoms with Gasteiger partial charge in [-0.15, -0.1) is 0 Å². The molecule has 6 nitrogen and oxygen atoms in total. The molecule has 0 aromatic heterocycles. The Morgan fingerprint density at radius 3 is 2.20 bits per heavy atom. The molecule has 1 saturated heterocycles. The van der Waals surface area contributed by atoms with Gasteiger partial charge >= 0.3 is 0 Å². The first-order valence-electron chi connectivity index (χ1n) is 5.66. The molecular weight excluding hydrogens is 280 g/mol. The molecule has 0 saturated carbocycles. The number of hydrogen-bond acceptors (Lipinski definition) is 5. The number of likely N-dealkylation sites (N-methyl/N-ethyl adjacent to an activating group) is 2. The Hall–Kier alpha value is -2.41. The summed E-state index contributed by atoms with van der Waals surface area (Å²) < 4.78 is 0. The van der Waals surface area contributed by atoms with Crippen LogP contribution in [0.5, 0.6) is 11.5 Å². The van der Waals surface area contributed by atoms with Crippen LogP contribution in [-0.4, -0.2) is 51.0 Å². The smallest absolute Gasteiger partial charge is 0.265 e. The molecule has 2 rings (SSSR count). The van der Waals surface area contributed by atoms with Gasteiger partial charge in [0.15, 0.2) is 5.11 Å². The molecule has 1 aromatic carbocycles. The maximum atomic E-state index is 12.1. The van der Waals surface area contributed by atoms with E-state index in [4.69, 9.17) is 12.2 Å². The molecule has 0 aliphatic carbocycles. The van der Waals surface area contributed by atoms with Crippen molar-refractivity contribution >= 4 is 35.2 Å². The van der Waals surface area contributed by atoms with Gasteiger partial charge in [-0.2, -0.15) is 0 Å². The van der Waals surface area contributed by atoms with E-state index in [0.717, 1.165) is 0 Å². The summed E-state index contributed by atoms with van der Waals surface area (Å²) in [5, 5.41) is 19.2. The molecule has 0 bridgehead atoms. The molecule has 1 aliphatic rings. The average Bonchev–Trinajstić information content (AvgIpc) is 2.43. The van der Waals surface area contributed by atoms with Crippen LogP contribution in [-0.2, 0) is 9.59 Å². The summed E-state index contributed by atoms with van der Waals surface area (Å²) in [7, 11) is 2.92. The normalized spacial score (nSPS) is 15.9. The zero-order valence-corrected chi connectivity index (χ0v) is 11.6. The molecule has 1 heterocycles. The summed E-state index contributed by atoms with van der Waals surface area (Å²) in [6, 6.07) is 3.84. The van der Waals surface area contributed by atoms with E-state index in [1.54, 1.807) is 0 Å². The lowest BCUT2D eigenvalue weighted by Crippen LogP contribution is -2.52. The van der Waals surface area contributed by atoms with E-state index in [-0.39, 0.29) is 27.7 Å². The summed E-state index contributed by atoms with van der Waals surface area (Å²) in [6.45, 7) is 0. The fourth-order valence-corrected chi connectivity index (χ4v) is 1.95. The molecular formula is C13H12N2O4S. The molecule has 2 N–H and O–H groups in total. The molecule has 2 amide bonds. The standard InChI is InChI=1S/C13H12N2O4S/c1-14-11(18)9(12(19)15(2)13(14)20)6-7-5-8(16)3-4-10(7)17/h3-6,16-17H,1-2H3. The number of phenols is 2. The van der Waals surface area contributed by atoms with E-state index >= 15 is 0 Å². The number of hydrogen-bond donors (Lipinski definition) is 2. The van der Waals surface area contributed by atoms with E-state index in [1.165, 1.54) is 48.2 Å². The van der Waals surface area contributed by atoms with Gasteiger partial charge in [0.2, 0.25) is 0 Å². The maximum absolute atomic E-state index is 12.1. The highest BCUT2D eigenvalue weighted by atomic mass is 32.1. The maximum Gasteiger partial charge on any atom is 0.265 e. The van der Waals surface area contributed by atoms with Crippen LogP contribution in [0.15, 0.2) is 23.8 Å². The largest absolute Gasteiger partial charge is 0.508 e. The van der Waals surface area contributed by atoms with Crippen molar-refractivity contribution in [1.82, 2.24) is 9.80 Å². The minimum atomic E-state index is -0.555. The van der Waals surface area contributed by atoms with Gasteiger partial charge in [0.25, 0.3) is 11.8 Å². The quantitative estimate of drug-likeness (QED) is 0.344. The fraction of sp³-hybridized carbons (Fsp3) is 0.154. The monoisotopic (exact) mass is 292 g/mol. The molecule has 1 aromatic rings. The second-order valence-corrected chi connectivity index (χ2v) is 4.68. The number of carbonyl (C=O) groups is 2. The van der Waals surface area contributed by atoms with Crippen molar-refractivity contribution in [3.05, 3.63) is 29.3 Å². The summed E-state index contributed by atoms with van der Waals surface area (Å²) in [5.41, 5.74) is 0.0424. The molecule has 0 spiro atoms. The third-order valence-electron chi connectivity index (χ3n) is 2.95. The van der Waals surface area contributed by atoms with E-state index < -0.39 is 11.8 Å². The third-order valence-corrected chi connectivity index (χ3v) is 3.50. The Labute approximate surface area is 120 Å². The highest BCUT2D eigenvalue weighted by Crippen LogP contribution is 2.26. The van der Waals surface area contributed by atoms with Crippen molar-refractivity contribution < 1.29 is 19.8 Å². The van der Waals surface area contributed by atoms with Crippen LogP contribution in [0, 0.1) is 0 Å². The van der Waals surface area contributed by atoms with Gasteiger partial charge < -0.3 is 10.2 Å². The highest BCUT2D eigenvalue weighted by Gasteiger charge is 2.35. The summed E-state index contributed by atoms with van der Waals surface area (Å²) in [5.74, 6) is -1.33. The molecule has 0 unspecified atom stereocenters. The van der Waals surface area contributed by atoms with Gasteiger partial charge in [-0.05, 0) is 36.5 Å². The summed E-state index contributed by atoms with van der Waals surface area (Å²) in [4.78, 5) is 26.5. The highest BCUT2D eigenvalue weighted by molar-refractivity contribution is 7.80. The van der Waals surface area contributed by atoms with Crippen LogP contribution in [0.1, 0.15) is 5.56 Å². The lowest BCUT2D eigenvalue weighted by atomic mass is 10.1. The summed E-state index contributed by atoms with van der Waals surface area (Å²) in [6.07, 6.45) is 1.23. The van der Waals surface area contributed by atoms with Gasteiger partial charge in [-0.1, -0.05) is 0 Å². The third kappa shape index (κ3) is 2.23. The van der Waals surface area contributed by atoms with Crippen LogP contribution >= 0.6 is 12.2 Å². The van der Waals surface area contributed by atoms with Gasteiger partial charge in [0, 0.05) is 19.7 Å². The second kappa shape index (κ2) is 4.93. The number of phenolic OH excluding ortho intramolecular Hbond substituents is 2. The number of benzene rings is 1. The van der Waals surface area contributed by atoms with Crippen molar-refractivity contribution in [2.24, 2.45) is 0 Å². The van der Waals surface area contributed by atoms with Crippen molar-refractivity contribution in [3.63, 3.8) is 0 Å². The zero-order valence-electron chi connectivity index (χ0n) is 10.8. The van der Waals surface area contributed by atoms with E-state index in [0.29, 0.717) is 0 Å². The van der Waals surface area contributed by atoms with Crippen molar-refractivity contribution in [2.45, 2.75) is 0 Å². The lowest BCUT2D eigenvalue weighted by Gasteiger charge is -2.31. The molecule has 104 valence electrons. The topological polar surface area (TPSA) is 81.1 Å². The predicted octanol–water partition coefficient (Wildman–Crippen LogP) is 0.696. The average molecular weight is 292 g/mol. The van der Waals surface area contributed by atoms with Gasteiger partial charge in [0.05, 0.1) is 0 Å². The molecule has 1 aliphatic heterocycles. The van der Waals surface area contributed by atoms with Gasteiger partial charge in [-0.25, -0.2) is 0 Å². The van der Waals surface area contributed by atoms with Gasteiger partial charge in [0.1, 0.15) is 17.1 Å². The molecule has 0 atom stereocenters. The number of carbonyl (C=O) groups excluding carboxylic acids is 2. The Bertz CT molecular complexity index is 628. The Balaban J connectivity index is 2.52. The number of aromatic hydroxyl groups is 2. The van der Waals surface area contributed by atoms with Crippen LogP contribution in [0.3, 0.4) is 0 Å². The number of amides is 2. The Morgan fingerprint density at radius 1 is 1.10 bits per heavy atom. The van der Waals surface area contributed by atoms with Crippen LogP contribution in [0.2, 0.25) is 0 Å². The minimum absolute atomic E-state index is 0.0809. The molecule has 0 radical (unpaired) electrons. The zero-order chi connectivity index (χ0) is 15.0. The number of rotatable bonds is 1. The SMILES string of the molecule is CN1C(=O)C(=Cc2cc(O)ccc2O)C(=O)N(C)C1=S. The van der Waals surface area contributed by atoms with Crippen molar-refractivity contribution in [1.29, 1.82) is 0 Å². The first kappa shape index (κ1) is 14.0. The van der Waals surface area contributed by atoms with Crippen LogP contribution in [0.4, 0.5) is 0 Å². The summed E-state index contributed by atoms with van der Waals surface area (Å²) >= 11 is 4.96. The van der Waals surface area contributed by atoms with Crippen LogP contribution < -0.4 is 0 Å². The lowest BCUT2D eigenvalue weighted by molar-refractivity contribution is -0.132. The second-order valence-electron chi connectivity index (χ2n) is 4.31. The van der Waals surface area contributed by atoms with E-state index in [1.807, 2.05) is 0 Å². The van der Waals surface area contributed by atoms with Gasteiger partial charge in [-0.3, -0.25) is 19.4 Å². The van der Waals surface area contributed by atoms with Crippen molar-refractivity contribution in [2.75, 3.05) is 14.1 Å². The van der Waals surface area contributed by atoms with E-state index in [9.17, 15) is 19.8 Å². The first-order valence-corrected chi connectivity index (χ1v) is 6.07. The predicted molar refractivity (Wildman–Crippen MR) is 75.9 cm³/mol. The first-order chi connectivity index (χ1) is 9.32. The minimum Gasteiger partial charge on any atom is -0.508 e. The Morgan fingerprint density at radius 2 is 1.65 bits per heavy atom. The van der Waals surface area contributed by atoms with E-state index in [2.05, 4.69) is 0 Å². The molecule has 7 heteroatoms. The number of thiocarbonyl (C=S) groups is 1.